The lowest BCUT2D eigenvalue weighted by atomic mass is 9.94. The van der Waals surface area contributed by atoms with Crippen LogP contribution in [-0.2, 0) is 52.2 Å². The first-order valence-electron chi connectivity index (χ1n) is 24.5. The van der Waals surface area contributed by atoms with Crippen LogP contribution in [0, 0.1) is 5.92 Å². The number of anilines is 1. The predicted molar refractivity (Wildman–Crippen MR) is 262 cm³/mol. The molecule has 9 rings (SSSR count). The Labute approximate surface area is 408 Å². The Morgan fingerprint density at radius 2 is 1.65 bits per heavy atom. The highest BCUT2D eigenvalue weighted by atomic mass is 32.1. The van der Waals surface area contributed by atoms with E-state index in [1.54, 1.807) is 11.0 Å². The fourth-order valence-corrected chi connectivity index (χ4v) is 11.4. The average Bonchev–Trinajstić information content (AvgIpc) is 4.07. The Kier molecular flexibility index (Phi) is 14.0. The summed E-state index contributed by atoms with van der Waals surface area (Å²) in [6.45, 7) is 18.1. The topological polar surface area (TPSA) is 211 Å². The molecule has 0 saturated carbocycles. The Balaban J connectivity index is 0.677. The van der Waals surface area contributed by atoms with Crippen molar-refractivity contribution < 1.29 is 34.1 Å². The second-order valence-electron chi connectivity index (χ2n) is 20.8. The summed E-state index contributed by atoms with van der Waals surface area (Å²) in [5.74, 6) is -0.0119. The minimum absolute atomic E-state index is 0.00477. The van der Waals surface area contributed by atoms with Crippen molar-refractivity contribution in [3.05, 3.63) is 81.4 Å². The molecule has 2 aromatic heterocycles. The van der Waals surface area contributed by atoms with Crippen LogP contribution in [0.1, 0.15) is 116 Å². The average molecular weight is 963 g/mol. The standard InChI is InChI=1S/C51H66N10O7S/c1-30(2)37-23-38(42(63)24-41(37)62)47(66)60-27-34-8-7-31(21-35(34)28-60)26-58-14-11-32(12-15-58)46(65)59-18-16-57(17-19-59)13-6-20-68-36-22-40(45(52)64)61(29-36)50(67)56-49-54-39-10-9-33-25-53-48(51(3,4)5)55-43(33)44(39)69-49/h7-8,21,23-25,30,32,36,40,62-63H,6,9-20,22,26-29H2,1-5H3,(H2,52,64)(H,54,56,67)/t36-,40-/m0/s1. The molecule has 0 spiro atoms. The summed E-state index contributed by atoms with van der Waals surface area (Å²) in [7, 11) is 0. The molecule has 0 unspecified atom stereocenters. The maximum Gasteiger partial charge on any atom is 0.324 e. The van der Waals surface area contributed by atoms with Crippen LogP contribution >= 0.6 is 11.3 Å². The first-order valence-corrected chi connectivity index (χ1v) is 25.3. The van der Waals surface area contributed by atoms with Crippen LogP contribution in [0.3, 0.4) is 0 Å². The van der Waals surface area contributed by atoms with Crippen molar-refractivity contribution in [2.45, 2.75) is 116 Å². The van der Waals surface area contributed by atoms with Gasteiger partial charge in [0.05, 0.1) is 27.9 Å². The van der Waals surface area contributed by atoms with Crippen molar-refractivity contribution in [2.75, 3.05) is 64.3 Å². The molecule has 3 saturated heterocycles. The summed E-state index contributed by atoms with van der Waals surface area (Å²) in [5, 5.41) is 24.2. The van der Waals surface area contributed by atoms with Gasteiger partial charge in [0.15, 0.2) is 5.13 Å². The summed E-state index contributed by atoms with van der Waals surface area (Å²) in [6.07, 6.45) is 5.87. The molecule has 4 aromatic rings. The SMILES string of the molecule is CC(C)c1cc(C(=O)N2Cc3ccc(CN4CCC(C(=O)N5CCN(CCCO[C@H]6C[C@@H](C(N)=O)N(C(=O)Nc7nc8c(s7)-c7nc(C(C)(C)C)ncc7CC8)C6)CC5)CC4)cc3C2)c(O)cc1O. The number of piperidine rings is 1. The van der Waals surface area contributed by atoms with E-state index in [0.29, 0.717) is 49.9 Å². The van der Waals surface area contributed by atoms with Gasteiger partial charge >= 0.3 is 6.03 Å². The van der Waals surface area contributed by atoms with Gasteiger partial charge in [0.2, 0.25) is 11.8 Å². The molecule has 69 heavy (non-hydrogen) atoms. The molecule has 1 aliphatic carbocycles. The first-order chi connectivity index (χ1) is 33.0. The van der Waals surface area contributed by atoms with Crippen molar-refractivity contribution in [3.63, 3.8) is 0 Å². The van der Waals surface area contributed by atoms with Gasteiger partial charge in [-0.25, -0.2) is 19.7 Å². The van der Waals surface area contributed by atoms with Crippen LogP contribution < -0.4 is 11.1 Å². The minimum Gasteiger partial charge on any atom is -0.508 e. The zero-order valence-electron chi connectivity index (χ0n) is 40.5. The van der Waals surface area contributed by atoms with E-state index in [1.165, 1.54) is 27.9 Å². The number of primary amides is 1. The molecule has 5 amide bonds. The number of likely N-dealkylation sites (tertiary alicyclic amines) is 2. The van der Waals surface area contributed by atoms with E-state index in [4.69, 9.17) is 20.4 Å². The number of nitrogens with zero attached hydrogens (tertiary/aromatic N) is 8. The van der Waals surface area contributed by atoms with E-state index in [1.807, 2.05) is 24.9 Å². The van der Waals surface area contributed by atoms with E-state index in [-0.39, 0.29) is 58.8 Å². The molecule has 18 heteroatoms. The normalized spacial score (nSPS) is 20.0. The Morgan fingerprint density at radius 1 is 0.899 bits per heavy atom. The maximum atomic E-state index is 13.7. The van der Waals surface area contributed by atoms with Gasteiger partial charge in [-0.2, -0.15) is 0 Å². The number of aryl methyl sites for hydroxylation is 2. The van der Waals surface area contributed by atoms with Gasteiger partial charge in [-0.3, -0.25) is 29.5 Å². The lowest BCUT2D eigenvalue weighted by Crippen LogP contribution is -2.51. The highest BCUT2D eigenvalue weighted by molar-refractivity contribution is 7.19. The fourth-order valence-electron chi connectivity index (χ4n) is 10.4. The van der Waals surface area contributed by atoms with Gasteiger partial charge in [-0.15, -0.1) is 0 Å². The van der Waals surface area contributed by atoms with Gasteiger partial charge in [0.25, 0.3) is 5.91 Å². The molecule has 6 heterocycles. The van der Waals surface area contributed by atoms with Crippen molar-refractivity contribution in [2.24, 2.45) is 11.7 Å². The van der Waals surface area contributed by atoms with Crippen LogP contribution in [0.2, 0.25) is 0 Å². The van der Waals surface area contributed by atoms with E-state index in [0.717, 1.165) is 110 Å². The van der Waals surface area contributed by atoms with Gasteiger partial charge in [0, 0.05) is 95.5 Å². The molecule has 4 aliphatic heterocycles. The number of amides is 5. The molecule has 368 valence electrons. The fraction of sp³-hybridized carbons (Fsp3) is 0.549. The monoisotopic (exact) mass is 962 g/mol. The third kappa shape index (κ3) is 10.6. The number of hydrogen-bond acceptors (Lipinski definition) is 13. The van der Waals surface area contributed by atoms with Crippen LogP contribution in [0.25, 0.3) is 10.6 Å². The van der Waals surface area contributed by atoms with E-state index >= 15 is 0 Å². The number of aromatic hydroxyl groups is 2. The number of carbonyl (C=O) groups excluding carboxylic acids is 4. The zero-order chi connectivity index (χ0) is 48.7. The van der Waals surface area contributed by atoms with Gasteiger partial charge in [-0.1, -0.05) is 64.2 Å². The summed E-state index contributed by atoms with van der Waals surface area (Å²) in [6, 6.07) is 8.06. The zero-order valence-corrected chi connectivity index (χ0v) is 41.3. The number of rotatable bonds is 12. The second kappa shape index (κ2) is 20.0. The van der Waals surface area contributed by atoms with E-state index in [9.17, 15) is 29.4 Å². The number of thiazole rings is 1. The first kappa shape index (κ1) is 48.3. The number of nitrogens with one attached hydrogen (secondary N) is 1. The lowest BCUT2D eigenvalue weighted by molar-refractivity contribution is -0.139. The number of hydrogen-bond donors (Lipinski definition) is 4. The van der Waals surface area contributed by atoms with Gasteiger partial charge < -0.3 is 35.4 Å². The number of aromatic nitrogens is 3. The molecular formula is C51H66N10O7S. The summed E-state index contributed by atoms with van der Waals surface area (Å²) in [4.78, 5) is 78.4. The molecule has 2 atom stereocenters. The number of fused-ring (bicyclic) bond motifs is 4. The number of urea groups is 1. The Morgan fingerprint density at radius 3 is 2.38 bits per heavy atom. The van der Waals surface area contributed by atoms with Crippen LogP contribution in [0.4, 0.5) is 9.93 Å². The second-order valence-corrected chi connectivity index (χ2v) is 21.8. The number of nitrogens with two attached hydrogens (primary N) is 1. The third-order valence-corrected chi connectivity index (χ3v) is 15.4. The minimum atomic E-state index is -0.780. The van der Waals surface area contributed by atoms with Gasteiger partial charge in [0.1, 0.15) is 23.4 Å². The summed E-state index contributed by atoms with van der Waals surface area (Å²) in [5.41, 5.74) is 12.6. The smallest absolute Gasteiger partial charge is 0.324 e. The largest absolute Gasteiger partial charge is 0.508 e. The van der Waals surface area contributed by atoms with E-state index < -0.39 is 18.0 Å². The van der Waals surface area contributed by atoms with Crippen LogP contribution in [0.15, 0.2) is 36.5 Å². The van der Waals surface area contributed by atoms with Crippen molar-refractivity contribution >= 4 is 40.2 Å². The molecule has 17 nitrogen and oxygen atoms in total. The van der Waals surface area contributed by atoms with Gasteiger partial charge in [-0.05, 0) is 85.0 Å². The highest BCUT2D eigenvalue weighted by Gasteiger charge is 2.40. The quantitative estimate of drug-likeness (QED) is 0.128. The number of benzene rings is 2. The number of phenols is 2. The van der Waals surface area contributed by atoms with Crippen LogP contribution in [-0.4, -0.2) is 145 Å². The van der Waals surface area contributed by atoms with Crippen molar-refractivity contribution in [1.82, 2.24) is 39.5 Å². The Hall–Kier alpha value is -5.69. The summed E-state index contributed by atoms with van der Waals surface area (Å²) < 4.78 is 6.22. The maximum absolute atomic E-state index is 13.7. The van der Waals surface area contributed by atoms with Crippen molar-refractivity contribution in [1.29, 1.82) is 0 Å². The van der Waals surface area contributed by atoms with Crippen molar-refractivity contribution in [3.8, 4) is 22.1 Å². The van der Waals surface area contributed by atoms with Crippen LogP contribution in [0.5, 0.6) is 11.5 Å². The molecular weight excluding hydrogens is 897 g/mol. The number of carbonyl (C=O) groups is 4. The number of piperazine rings is 1. The molecule has 5 N–H and O–H groups in total. The molecule has 2 aromatic carbocycles. The number of ether oxygens (including phenoxy) is 1. The molecule has 3 fully saturated rings. The van der Waals surface area contributed by atoms with E-state index in [2.05, 4.69) is 59.1 Å². The molecule has 0 radical (unpaired) electrons. The molecule has 0 bridgehead atoms. The summed E-state index contributed by atoms with van der Waals surface area (Å²) >= 11 is 1.39. The number of phenolic OH excluding ortho intramolecular Hbond substituents is 2. The third-order valence-electron chi connectivity index (χ3n) is 14.4. The Bertz CT molecular complexity index is 2600. The lowest BCUT2D eigenvalue weighted by Gasteiger charge is -2.38. The molecule has 5 aliphatic rings. The highest BCUT2D eigenvalue weighted by Crippen LogP contribution is 2.40. The predicted octanol–water partition coefficient (Wildman–Crippen LogP) is 5.61.